The lowest BCUT2D eigenvalue weighted by Gasteiger charge is -2.33. The van der Waals surface area contributed by atoms with Gasteiger partial charge < -0.3 is 21.3 Å². The van der Waals surface area contributed by atoms with Crippen LogP contribution in [0.15, 0.2) is 44.9 Å². The number of carbonyl (C=O) groups is 2. The van der Waals surface area contributed by atoms with E-state index < -0.39 is 23.1 Å². The maximum absolute atomic E-state index is 15.3. The molecule has 1 aliphatic heterocycles. The molecular weight excluding hydrogens is 541 g/mol. The number of benzene rings is 2. The molecule has 1 aromatic heterocycles. The summed E-state index contributed by atoms with van der Waals surface area (Å²) >= 11 is 0. The van der Waals surface area contributed by atoms with Gasteiger partial charge >= 0.3 is 11.7 Å². The van der Waals surface area contributed by atoms with Crippen LogP contribution < -0.4 is 27.6 Å². The fraction of sp³-hybridized carbons (Fsp3) is 0.433. The second-order valence-electron chi connectivity index (χ2n) is 11.4. The van der Waals surface area contributed by atoms with Crippen molar-refractivity contribution in [3.05, 3.63) is 68.1 Å². The number of hydrogen-bond acceptors (Lipinski definition) is 6. The van der Waals surface area contributed by atoms with Crippen molar-refractivity contribution in [2.45, 2.75) is 58.2 Å². The van der Waals surface area contributed by atoms with Gasteiger partial charge in [0.05, 0.1) is 16.6 Å². The van der Waals surface area contributed by atoms with Crippen molar-refractivity contribution in [2.24, 2.45) is 10.9 Å². The van der Waals surface area contributed by atoms with Crippen LogP contribution in [0.1, 0.15) is 61.5 Å². The van der Waals surface area contributed by atoms with Gasteiger partial charge in [0.15, 0.2) is 0 Å². The molecule has 5 rings (SSSR count). The molecule has 0 unspecified atom stereocenters. The molecule has 2 aromatic carbocycles. The highest BCUT2D eigenvalue weighted by atomic mass is 19.1. The molecule has 1 atom stereocenters. The fourth-order valence-electron chi connectivity index (χ4n) is 5.42. The van der Waals surface area contributed by atoms with E-state index in [-0.39, 0.29) is 47.0 Å². The first-order valence-corrected chi connectivity index (χ1v) is 14.2. The Labute approximate surface area is 242 Å². The van der Waals surface area contributed by atoms with Crippen molar-refractivity contribution in [1.29, 1.82) is 0 Å². The highest BCUT2D eigenvalue weighted by Gasteiger charge is 2.28. The standard InChI is InChI=1S/C30H36FN7O4/c1-17(2)38-26-13-23(31)25(12-22(26)28(40)37(30(38)42)15-18-6-7-18)35-29(41)36-10-4-5-21(16-36)34-27(39)19-8-9-24(32)20(11-19)14-33-3/h8-9,11-14,17-18,21H,4-7,10,15-16,32H2,1-3H3,(H,34,39)(H,35,41)/t21-/m1/s1. The second-order valence-corrected chi connectivity index (χ2v) is 11.4. The summed E-state index contributed by atoms with van der Waals surface area (Å²) in [5.74, 6) is -0.763. The molecule has 3 aromatic rings. The summed E-state index contributed by atoms with van der Waals surface area (Å²) in [6.07, 6.45) is 4.81. The van der Waals surface area contributed by atoms with Crippen LogP contribution in [0.2, 0.25) is 0 Å². The van der Waals surface area contributed by atoms with Crippen molar-refractivity contribution in [3.63, 3.8) is 0 Å². The van der Waals surface area contributed by atoms with Crippen LogP contribution in [0.4, 0.5) is 20.6 Å². The zero-order chi connectivity index (χ0) is 30.1. The Hall–Kier alpha value is -4.48. The zero-order valence-corrected chi connectivity index (χ0v) is 24.0. The maximum Gasteiger partial charge on any atom is 0.331 e. The number of hydrogen-bond donors (Lipinski definition) is 3. The second kappa shape index (κ2) is 11.8. The minimum Gasteiger partial charge on any atom is -0.398 e. The van der Waals surface area contributed by atoms with Gasteiger partial charge in [0.2, 0.25) is 0 Å². The number of anilines is 2. The molecule has 222 valence electrons. The number of nitrogens with two attached hydrogens (primary N) is 1. The number of halogens is 1. The topological polar surface area (TPSA) is 144 Å². The summed E-state index contributed by atoms with van der Waals surface area (Å²) in [5, 5.41) is 5.74. The number of piperidine rings is 1. The lowest BCUT2D eigenvalue weighted by Crippen LogP contribution is -2.50. The van der Waals surface area contributed by atoms with Crippen LogP contribution in [0.25, 0.3) is 10.9 Å². The summed E-state index contributed by atoms with van der Waals surface area (Å²) < 4.78 is 17.9. The van der Waals surface area contributed by atoms with Crippen LogP contribution in [0.5, 0.6) is 0 Å². The number of nitrogens with one attached hydrogen (secondary N) is 2. The lowest BCUT2D eigenvalue weighted by molar-refractivity contribution is 0.0913. The summed E-state index contributed by atoms with van der Waals surface area (Å²) in [7, 11) is 1.62. The van der Waals surface area contributed by atoms with Crippen LogP contribution in [0, 0.1) is 11.7 Å². The zero-order valence-electron chi connectivity index (χ0n) is 24.0. The van der Waals surface area contributed by atoms with E-state index in [0.717, 1.165) is 18.9 Å². The molecule has 2 heterocycles. The minimum absolute atomic E-state index is 0.144. The number of aliphatic imine (C=N–C) groups is 1. The molecule has 1 saturated heterocycles. The van der Waals surface area contributed by atoms with E-state index in [9.17, 15) is 19.2 Å². The number of urea groups is 1. The summed E-state index contributed by atoms with van der Waals surface area (Å²) in [5.41, 5.74) is 6.61. The number of nitrogen functional groups attached to an aromatic ring is 1. The Morgan fingerprint density at radius 2 is 1.93 bits per heavy atom. The number of rotatable bonds is 7. The number of amides is 3. The van der Waals surface area contributed by atoms with Gasteiger partial charge in [-0.2, -0.15) is 0 Å². The monoisotopic (exact) mass is 577 g/mol. The molecule has 3 amide bonds. The molecule has 0 spiro atoms. The van der Waals surface area contributed by atoms with Gasteiger partial charge in [-0.1, -0.05) is 0 Å². The summed E-state index contributed by atoms with van der Waals surface area (Å²) in [6.45, 7) is 4.58. The molecule has 12 heteroatoms. The predicted octanol–water partition coefficient (Wildman–Crippen LogP) is 3.35. The molecule has 2 fully saturated rings. The normalized spacial score (nSPS) is 17.3. The quantitative estimate of drug-likeness (QED) is 0.292. The first-order chi connectivity index (χ1) is 20.1. The third-order valence-corrected chi connectivity index (χ3v) is 7.81. The van der Waals surface area contributed by atoms with Gasteiger partial charge in [0, 0.05) is 67.9 Å². The molecule has 11 nitrogen and oxygen atoms in total. The van der Waals surface area contributed by atoms with Gasteiger partial charge in [-0.05, 0) is 69.7 Å². The summed E-state index contributed by atoms with van der Waals surface area (Å²) in [4.78, 5) is 58.1. The van der Waals surface area contributed by atoms with Crippen molar-refractivity contribution in [1.82, 2.24) is 19.4 Å². The van der Waals surface area contributed by atoms with E-state index in [1.54, 1.807) is 45.3 Å². The van der Waals surface area contributed by atoms with Crippen LogP contribution in [0.3, 0.4) is 0 Å². The van der Waals surface area contributed by atoms with E-state index in [2.05, 4.69) is 15.6 Å². The Bertz CT molecular complexity index is 1690. The van der Waals surface area contributed by atoms with E-state index in [4.69, 9.17) is 5.73 Å². The largest absolute Gasteiger partial charge is 0.398 e. The van der Waals surface area contributed by atoms with Gasteiger partial charge in [0.1, 0.15) is 5.82 Å². The Morgan fingerprint density at radius 3 is 2.62 bits per heavy atom. The number of likely N-dealkylation sites (tertiary alicyclic amines) is 1. The van der Waals surface area contributed by atoms with Crippen LogP contribution in [-0.2, 0) is 6.54 Å². The Balaban J connectivity index is 1.34. The Kier molecular flexibility index (Phi) is 8.15. The predicted molar refractivity (Wildman–Crippen MR) is 161 cm³/mol. The van der Waals surface area contributed by atoms with Crippen molar-refractivity contribution in [2.75, 3.05) is 31.2 Å². The van der Waals surface area contributed by atoms with Gasteiger partial charge in [0.25, 0.3) is 11.5 Å². The van der Waals surface area contributed by atoms with Crippen LogP contribution >= 0.6 is 0 Å². The van der Waals surface area contributed by atoms with Crippen molar-refractivity contribution >= 4 is 40.4 Å². The number of carbonyl (C=O) groups excluding carboxylic acids is 2. The first kappa shape index (κ1) is 29.0. The summed E-state index contributed by atoms with van der Waals surface area (Å²) in [6, 6.07) is 6.23. The van der Waals surface area contributed by atoms with Gasteiger partial charge in [-0.3, -0.25) is 23.7 Å². The molecular formula is C30H36FN7O4. The van der Waals surface area contributed by atoms with Gasteiger partial charge in [-0.25, -0.2) is 14.0 Å². The smallest absolute Gasteiger partial charge is 0.331 e. The van der Waals surface area contributed by atoms with E-state index in [0.29, 0.717) is 42.7 Å². The molecule has 42 heavy (non-hydrogen) atoms. The van der Waals surface area contributed by atoms with Crippen molar-refractivity contribution < 1.29 is 14.0 Å². The van der Waals surface area contributed by atoms with Crippen LogP contribution in [-0.4, -0.2) is 58.4 Å². The third-order valence-electron chi connectivity index (χ3n) is 7.81. The SMILES string of the molecule is CN=Cc1cc(C(=O)N[C@@H]2CCCN(C(=O)Nc3cc4c(=O)n(CC5CC5)c(=O)n(C(C)C)c4cc3F)C2)ccc1N. The molecule has 0 bridgehead atoms. The molecule has 2 aliphatic rings. The van der Waals surface area contributed by atoms with E-state index in [1.807, 2.05) is 0 Å². The molecule has 1 aliphatic carbocycles. The third kappa shape index (κ3) is 5.93. The first-order valence-electron chi connectivity index (χ1n) is 14.2. The van der Waals surface area contributed by atoms with Gasteiger partial charge in [-0.15, -0.1) is 0 Å². The number of aromatic nitrogens is 2. The molecule has 1 saturated carbocycles. The molecule has 0 radical (unpaired) electrons. The Morgan fingerprint density at radius 1 is 1.17 bits per heavy atom. The fourth-order valence-corrected chi connectivity index (χ4v) is 5.42. The minimum atomic E-state index is -0.749. The highest BCUT2D eigenvalue weighted by molar-refractivity contribution is 5.98. The molecule has 4 N–H and O–H groups in total. The highest BCUT2D eigenvalue weighted by Crippen LogP contribution is 2.30. The average Bonchev–Trinajstić information content (AvgIpc) is 3.77. The average molecular weight is 578 g/mol. The van der Waals surface area contributed by atoms with E-state index in [1.165, 1.54) is 20.1 Å². The van der Waals surface area contributed by atoms with E-state index >= 15 is 4.39 Å². The number of fused-ring (bicyclic) bond motifs is 1. The number of nitrogens with zero attached hydrogens (tertiary/aromatic N) is 4. The van der Waals surface area contributed by atoms with Crippen molar-refractivity contribution in [3.8, 4) is 0 Å². The lowest BCUT2D eigenvalue weighted by atomic mass is 10.0. The maximum atomic E-state index is 15.3.